The second-order valence-electron chi connectivity index (χ2n) is 4.66. The molecule has 17 heavy (non-hydrogen) atoms. The fraction of sp³-hybridized carbons (Fsp3) is 0.500. The van der Waals surface area contributed by atoms with E-state index in [0.717, 1.165) is 6.07 Å². The number of nitrogens with zero attached hydrogens (tertiary/aromatic N) is 2. The third-order valence-corrected chi connectivity index (χ3v) is 3.10. The minimum atomic E-state index is -0.694. The molecule has 4 nitrogen and oxygen atoms in total. The largest absolute Gasteiger partial charge is 0.390 e. The number of pyridine rings is 1. The summed E-state index contributed by atoms with van der Waals surface area (Å²) in [7, 11) is 0. The standard InChI is InChI=1S/C12H15FN2O2/c1-12(17)3-6-15(7-4-12)11(16)9-2-5-14-10(13)8-9/h2,5,8,17H,3-4,6-7H2,1H3. The van der Waals surface area contributed by atoms with Crippen LogP contribution in [0.1, 0.15) is 30.1 Å². The van der Waals surface area contributed by atoms with E-state index in [2.05, 4.69) is 4.98 Å². The molecule has 92 valence electrons. The highest BCUT2D eigenvalue weighted by Crippen LogP contribution is 2.22. The van der Waals surface area contributed by atoms with E-state index in [1.54, 1.807) is 11.8 Å². The number of hydrogen-bond acceptors (Lipinski definition) is 3. The fourth-order valence-corrected chi connectivity index (χ4v) is 1.91. The van der Waals surface area contributed by atoms with Crippen molar-refractivity contribution >= 4 is 5.91 Å². The molecule has 2 heterocycles. The van der Waals surface area contributed by atoms with Crippen molar-refractivity contribution in [3.8, 4) is 0 Å². The van der Waals surface area contributed by atoms with Gasteiger partial charge in [-0.2, -0.15) is 4.39 Å². The number of aromatic nitrogens is 1. The van der Waals surface area contributed by atoms with Crippen molar-refractivity contribution in [3.63, 3.8) is 0 Å². The lowest BCUT2D eigenvalue weighted by molar-refractivity contribution is -0.00204. The number of rotatable bonds is 1. The number of carbonyl (C=O) groups is 1. The Kier molecular flexibility index (Phi) is 3.11. The topological polar surface area (TPSA) is 53.4 Å². The van der Waals surface area contributed by atoms with Gasteiger partial charge in [-0.25, -0.2) is 4.98 Å². The highest BCUT2D eigenvalue weighted by atomic mass is 19.1. The van der Waals surface area contributed by atoms with Gasteiger partial charge in [0.15, 0.2) is 0 Å². The molecule has 0 spiro atoms. The molecule has 0 saturated carbocycles. The van der Waals surface area contributed by atoms with Crippen LogP contribution in [0.5, 0.6) is 0 Å². The van der Waals surface area contributed by atoms with Crippen LogP contribution in [0.4, 0.5) is 4.39 Å². The minimum Gasteiger partial charge on any atom is -0.390 e. The molecule has 0 aliphatic carbocycles. The van der Waals surface area contributed by atoms with Crippen molar-refractivity contribution in [2.75, 3.05) is 13.1 Å². The first-order chi connectivity index (χ1) is 7.98. The first kappa shape index (κ1) is 12.0. The normalized spacial score (nSPS) is 19.1. The summed E-state index contributed by atoms with van der Waals surface area (Å²) in [6.45, 7) is 2.76. The predicted octanol–water partition coefficient (Wildman–Crippen LogP) is 1.21. The van der Waals surface area contributed by atoms with Gasteiger partial charge >= 0.3 is 0 Å². The van der Waals surface area contributed by atoms with Gasteiger partial charge in [-0.15, -0.1) is 0 Å². The third kappa shape index (κ3) is 2.79. The summed E-state index contributed by atoms with van der Waals surface area (Å²) in [5.41, 5.74) is -0.390. The summed E-state index contributed by atoms with van der Waals surface area (Å²) in [5, 5.41) is 9.78. The smallest absolute Gasteiger partial charge is 0.254 e. The number of halogens is 1. The maximum absolute atomic E-state index is 12.9. The molecule has 5 heteroatoms. The first-order valence-electron chi connectivity index (χ1n) is 5.61. The Hall–Kier alpha value is -1.49. The van der Waals surface area contributed by atoms with E-state index in [1.807, 2.05) is 0 Å². The monoisotopic (exact) mass is 238 g/mol. The quantitative estimate of drug-likeness (QED) is 0.748. The molecule has 0 unspecified atom stereocenters. The molecule has 1 aliphatic heterocycles. The van der Waals surface area contributed by atoms with Crippen LogP contribution in [0.25, 0.3) is 0 Å². The number of hydrogen-bond donors (Lipinski definition) is 1. The van der Waals surface area contributed by atoms with E-state index in [1.165, 1.54) is 12.3 Å². The van der Waals surface area contributed by atoms with Crippen molar-refractivity contribution in [1.82, 2.24) is 9.88 Å². The molecule has 1 aliphatic rings. The zero-order chi connectivity index (χ0) is 12.5. The van der Waals surface area contributed by atoms with Crippen LogP contribution >= 0.6 is 0 Å². The molecule has 0 aromatic carbocycles. The number of likely N-dealkylation sites (tertiary alicyclic amines) is 1. The zero-order valence-electron chi connectivity index (χ0n) is 9.69. The number of aliphatic hydroxyl groups is 1. The molecular formula is C12H15FN2O2. The average Bonchev–Trinajstić information content (AvgIpc) is 2.28. The van der Waals surface area contributed by atoms with Crippen molar-refractivity contribution in [2.24, 2.45) is 0 Å². The maximum Gasteiger partial charge on any atom is 0.254 e. The SMILES string of the molecule is CC1(O)CCN(C(=O)c2ccnc(F)c2)CC1. The van der Waals surface area contributed by atoms with Crippen LogP contribution in [0.3, 0.4) is 0 Å². The number of carbonyl (C=O) groups excluding carboxylic acids is 1. The Balaban J connectivity index is 2.07. The summed E-state index contributed by atoms with van der Waals surface area (Å²) in [4.78, 5) is 17.1. The van der Waals surface area contributed by atoms with Crippen molar-refractivity contribution < 1.29 is 14.3 Å². The lowest BCUT2D eigenvalue weighted by Gasteiger charge is -2.35. The Labute approximate surface area is 99.1 Å². The number of piperidine rings is 1. The molecule has 1 saturated heterocycles. The Bertz CT molecular complexity index is 424. The van der Waals surface area contributed by atoms with Gasteiger partial charge < -0.3 is 10.0 Å². The van der Waals surface area contributed by atoms with Gasteiger partial charge in [0.25, 0.3) is 5.91 Å². The van der Waals surface area contributed by atoms with Crippen LogP contribution in [0, 0.1) is 5.95 Å². The van der Waals surface area contributed by atoms with Crippen LogP contribution in [0.2, 0.25) is 0 Å². The number of amides is 1. The summed E-state index contributed by atoms with van der Waals surface area (Å²) in [6.07, 6.45) is 2.38. The summed E-state index contributed by atoms with van der Waals surface area (Å²) >= 11 is 0. The molecule has 0 radical (unpaired) electrons. The summed E-state index contributed by atoms with van der Waals surface area (Å²) in [5.74, 6) is -0.860. The molecule has 1 aromatic rings. The maximum atomic E-state index is 12.9. The Morgan fingerprint density at radius 2 is 2.18 bits per heavy atom. The lowest BCUT2D eigenvalue weighted by atomic mass is 9.93. The second kappa shape index (κ2) is 4.41. The molecule has 0 atom stereocenters. The van der Waals surface area contributed by atoms with E-state index in [9.17, 15) is 14.3 Å². The van der Waals surface area contributed by atoms with E-state index < -0.39 is 11.5 Å². The van der Waals surface area contributed by atoms with Crippen LogP contribution < -0.4 is 0 Å². The van der Waals surface area contributed by atoms with Crippen LogP contribution in [-0.2, 0) is 0 Å². The van der Waals surface area contributed by atoms with Crippen molar-refractivity contribution in [1.29, 1.82) is 0 Å². The lowest BCUT2D eigenvalue weighted by Crippen LogP contribution is -2.45. The van der Waals surface area contributed by atoms with Gasteiger partial charge in [0, 0.05) is 30.9 Å². The molecule has 1 amide bonds. The zero-order valence-corrected chi connectivity index (χ0v) is 9.69. The van der Waals surface area contributed by atoms with Crippen molar-refractivity contribution in [2.45, 2.75) is 25.4 Å². The predicted molar refractivity (Wildman–Crippen MR) is 60.0 cm³/mol. The molecular weight excluding hydrogens is 223 g/mol. The fourth-order valence-electron chi connectivity index (χ4n) is 1.91. The van der Waals surface area contributed by atoms with E-state index >= 15 is 0 Å². The Morgan fingerprint density at radius 1 is 1.53 bits per heavy atom. The van der Waals surface area contributed by atoms with E-state index in [-0.39, 0.29) is 5.91 Å². The first-order valence-corrected chi connectivity index (χ1v) is 5.61. The van der Waals surface area contributed by atoms with Gasteiger partial charge in [0.2, 0.25) is 5.95 Å². The van der Waals surface area contributed by atoms with Gasteiger partial charge in [0.1, 0.15) is 0 Å². The Morgan fingerprint density at radius 3 is 2.76 bits per heavy atom. The second-order valence-corrected chi connectivity index (χ2v) is 4.66. The van der Waals surface area contributed by atoms with Gasteiger partial charge in [-0.3, -0.25) is 4.79 Å². The third-order valence-electron chi connectivity index (χ3n) is 3.10. The molecule has 2 rings (SSSR count). The molecule has 0 bridgehead atoms. The van der Waals surface area contributed by atoms with Crippen LogP contribution in [0.15, 0.2) is 18.3 Å². The van der Waals surface area contributed by atoms with Crippen molar-refractivity contribution in [3.05, 3.63) is 29.8 Å². The van der Waals surface area contributed by atoms with E-state index in [0.29, 0.717) is 31.5 Å². The molecule has 1 aromatic heterocycles. The van der Waals surface area contributed by atoms with Crippen LogP contribution in [-0.4, -0.2) is 39.6 Å². The summed E-state index contributed by atoms with van der Waals surface area (Å²) in [6, 6.07) is 2.63. The molecule has 1 fully saturated rings. The highest BCUT2D eigenvalue weighted by molar-refractivity contribution is 5.94. The van der Waals surface area contributed by atoms with Gasteiger partial charge in [-0.1, -0.05) is 0 Å². The molecule has 1 N–H and O–H groups in total. The van der Waals surface area contributed by atoms with Gasteiger partial charge in [-0.05, 0) is 25.8 Å². The average molecular weight is 238 g/mol. The van der Waals surface area contributed by atoms with E-state index in [4.69, 9.17) is 0 Å². The minimum absolute atomic E-state index is 0.207. The summed E-state index contributed by atoms with van der Waals surface area (Å²) < 4.78 is 12.9. The van der Waals surface area contributed by atoms with Gasteiger partial charge in [0.05, 0.1) is 5.60 Å². The highest BCUT2D eigenvalue weighted by Gasteiger charge is 2.29.